The van der Waals surface area contributed by atoms with Crippen LogP contribution >= 0.6 is 0 Å². The Balaban J connectivity index is 2.18. The number of aliphatic carboxylic acids is 1. The zero-order valence-electron chi connectivity index (χ0n) is 8.60. The van der Waals surface area contributed by atoms with Gasteiger partial charge in [-0.3, -0.25) is 9.59 Å². The fraction of sp³-hybridized carbons (Fsp3) is 0.636. The van der Waals surface area contributed by atoms with Crippen LogP contribution < -0.4 is 0 Å². The number of carbonyl (C=O) groups is 2. The van der Waals surface area contributed by atoms with E-state index in [0.29, 0.717) is 13.0 Å². The van der Waals surface area contributed by atoms with Crippen molar-refractivity contribution in [1.82, 2.24) is 0 Å². The summed E-state index contributed by atoms with van der Waals surface area (Å²) in [5, 5.41) is 8.76. The highest BCUT2D eigenvalue weighted by Gasteiger charge is 2.47. The summed E-state index contributed by atoms with van der Waals surface area (Å²) in [5.41, 5.74) is -0.436. The molecular weight excluding hydrogens is 196 g/mol. The van der Waals surface area contributed by atoms with Gasteiger partial charge in [0.25, 0.3) is 0 Å². The molecule has 3 unspecified atom stereocenters. The average molecular weight is 210 g/mol. The largest absolute Gasteiger partial charge is 0.481 e. The molecule has 15 heavy (non-hydrogen) atoms. The SMILES string of the molecule is CC12C=CC(=O)CC1C(CC(=O)O)CO2. The van der Waals surface area contributed by atoms with Crippen molar-refractivity contribution in [2.75, 3.05) is 6.61 Å². The lowest BCUT2D eigenvalue weighted by Crippen LogP contribution is -2.36. The highest BCUT2D eigenvalue weighted by molar-refractivity contribution is 5.91. The molecule has 82 valence electrons. The van der Waals surface area contributed by atoms with E-state index in [1.165, 1.54) is 0 Å². The van der Waals surface area contributed by atoms with E-state index < -0.39 is 11.6 Å². The van der Waals surface area contributed by atoms with Crippen molar-refractivity contribution < 1.29 is 19.4 Å². The van der Waals surface area contributed by atoms with Gasteiger partial charge in [-0.2, -0.15) is 0 Å². The Labute approximate surface area is 87.9 Å². The van der Waals surface area contributed by atoms with E-state index >= 15 is 0 Å². The first-order chi connectivity index (χ1) is 7.01. The molecule has 0 bridgehead atoms. The van der Waals surface area contributed by atoms with Crippen LogP contribution in [0.1, 0.15) is 19.8 Å². The Kier molecular flexibility index (Phi) is 2.38. The molecule has 1 aliphatic heterocycles. The van der Waals surface area contributed by atoms with Crippen LogP contribution in [0.2, 0.25) is 0 Å². The van der Waals surface area contributed by atoms with E-state index in [4.69, 9.17) is 9.84 Å². The highest BCUT2D eigenvalue weighted by Crippen LogP contribution is 2.43. The molecule has 0 amide bonds. The smallest absolute Gasteiger partial charge is 0.303 e. The second-order valence-corrected chi connectivity index (χ2v) is 4.46. The molecule has 0 aromatic carbocycles. The number of ketones is 1. The molecule has 4 nitrogen and oxygen atoms in total. The van der Waals surface area contributed by atoms with Gasteiger partial charge >= 0.3 is 5.97 Å². The monoisotopic (exact) mass is 210 g/mol. The Morgan fingerprint density at radius 2 is 2.47 bits per heavy atom. The normalized spacial score (nSPS) is 39.1. The number of fused-ring (bicyclic) bond motifs is 1. The quantitative estimate of drug-likeness (QED) is 0.738. The molecule has 0 aromatic heterocycles. The number of carboxylic acids is 1. The minimum absolute atomic E-state index is 0.0195. The predicted octanol–water partition coefficient (Wildman–Crippen LogP) is 1.01. The van der Waals surface area contributed by atoms with Crippen molar-refractivity contribution >= 4 is 11.8 Å². The highest BCUT2D eigenvalue weighted by atomic mass is 16.5. The first-order valence-electron chi connectivity index (χ1n) is 5.09. The van der Waals surface area contributed by atoms with Gasteiger partial charge in [0.1, 0.15) is 0 Å². The van der Waals surface area contributed by atoms with Gasteiger partial charge in [-0.1, -0.05) is 0 Å². The van der Waals surface area contributed by atoms with Crippen molar-refractivity contribution in [1.29, 1.82) is 0 Å². The van der Waals surface area contributed by atoms with Crippen LogP contribution in [0, 0.1) is 11.8 Å². The Hall–Kier alpha value is -1.16. The maximum absolute atomic E-state index is 11.3. The summed E-state index contributed by atoms with van der Waals surface area (Å²) >= 11 is 0. The number of carbonyl (C=O) groups excluding carboxylic acids is 1. The predicted molar refractivity (Wildman–Crippen MR) is 52.4 cm³/mol. The lowest BCUT2D eigenvalue weighted by Gasteiger charge is -2.31. The molecule has 0 radical (unpaired) electrons. The van der Waals surface area contributed by atoms with Gasteiger partial charge in [0, 0.05) is 12.3 Å². The van der Waals surface area contributed by atoms with Gasteiger partial charge in [-0.15, -0.1) is 0 Å². The fourth-order valence-electron chi connectivity index (χ4n) is 2.49. The summed E-state index contributed by atoms with van der Waals surface area (Å²) in [7, 11) is 0. The molecule has 3 atom stereocenters. The van der Waals surface area contributed by atoms with Crippen molar-refractivity contribution in [3.05, 3.63) is 12.2 Å². The second-order valence-electron chi connectivity index (χ2n) is 4.46. The molecular formula is C11H14O4. The molecule has 4 heteroatoms. The topological polar surface area (TPSA) is 63.6 Å². The van der Waals surface area contributed by atoms with Gasteiger partial charge in [0.2, 0.25) is 0 Å². The summed E-state index contributed by atoms with van der Waals surface area (Å²) in [6.45, 7) is 2.35. The Morgan fingerprint density at radius 1 is 1.73 bits per heavy atom. The molecule has 1 fully saturated rings. The van der Waals surface area contributed by atoms with Crippen molar-refractivity contribution in [2.45, 2.75) is 25.4 Å². The number of hydrogen-bond acceptors (Lipinski definition) is 3. The van der Waals surface area contributed by atoms with Crippen molar-refractivity contribution in [2.24, 2.45) is 11.8 Å². The van der Waals surface area contributed by atoms with Crippen LogP contribution in [0.5, 0.6) is 0 Å². The second kappa shape index (κ2) is 3.45. The molecule has 1 aliphatic carbocycles. The maximum Gasteiger partial charge on any atom is 0.303 e. The van der Waals surface area contributed by atoms with E-state index in [0.717, 1.165) is 0 Å². The van der Waals surface area contributed by atoms with Gasteiger partial charge in [-0.25, -0.2) is 0 Å². The van der Waals surface area contributed by atoms with Gasteiger partial charge in [0.15, 0.2) is 5.78 Å². The third kappa shape index (κ3) is 1.81. The Bertz CT molecular complexity index is 333. The minimum atomic E-state index is -0.824. The molecule has 2 rings (SSSR count). The van der Waals surface area contributed by atoms with E-state index in [1.807, 2.05) is 6.92 Å². The number of ether oxygens (including phenoxy) is 1. The number of hydrogen-bond donors (Lipinski definition) is 1. The van der Waals surface area contributed by atoms with Crippen LogP contribution in [0.15, 0.2) is 12.2 Å². The molecule has 1 saturated heterocycles. The third-order valence-corrected chi connectivity index (χ3v) is 3.37. The van der Waals surface area contributed by atoms with Crippen LogP contribution in [0.3, 0.4) is 0 Å². The summed E-state index contributed by atoms with van der Waals surface area (Å²) in [6.07, 6.45) is 3.80. The standard InChI is InChI=1S/C11H14O4/c1-11-3-2-8(12)5-9(11)7(6-15-11)4-10(13)14/h2-3,7,9H,4-6H2,1H3,(H,13,14). The molecule has 0 saturated carbocycles. The zero-order valence-corrected chi connectivity index (χ0v) is 8.60. The third-order valence-electron chi connectivity index (χ3n) is 3.37. The zero-order chi connectivity index (χ0) is 11.1. The number of rotatable bonds is 2. The minimum Gasteiger partial charge on any atom is -0.481 e. The molecule has 2 aliphatic rings. The average Bonchev–Trinajstić information content (AvgIpc) is 2.45. The van der Waals surface area contributed by atoms with E-state index in [-0.39, 0.29) is 24.0 Å². The lowest BCUT2D eigenvalue weighted by molar-refractivity contribution is -0.138. The van der Waals surface area contributed by atoms with Gasteiger partial charge in [-0.05, 0) is 25.0 Å². The molecule has 1 N–H and O–H groups in total. The number of carboxylic acid groups (broad SMARTS) is 1. The van der Waals surface area contributed by atoms with Crippen LogP contribution in [-0.2, 0) is 14.3 Å². The Morgan fingerprint density at radius 3 is 3.13 bits per heavy atom. The first-order valence-corrected chi connectivity index (χ1v) is 5.09. The van der Waals surface area contributed by atoms with E-state index in [2.05, 4.69) is 0 Å². The lowest BCUT2D eigenvalue weighted by atomic mass is 9.74. The van der Waals surface area contributed by atoms with E-state index in [9.17, 15) is 9.59 Å². The molecule has 0 spiro atoms. The maximum atomic E-state index is 11.3. The fourth-order valence-corrected chi connectivity index (χ4v) is 2.49. The van der Waals surface area contributed by atoms with E-state index in [1.54, 1.807) is 12.2 Å². The molecule has 0 aromatic rings. The summed E-state index contributed by atoms with van der Waals surface area (Å²) in [6, 6.07) is 0. The first kappa shape index (κ1) is 10.4. The van der Waals surface area contributed by atoms with Crippen molar-refractivity contribution in [3.8, 4) is 0 Å². The van der Waals surface area contributed by atoms with Crippen molar-refractivity contribution in [3.63, 3.8) is 0 Å². The summed E-state index contributed by atoms with van der Waals surface area (Å²) in [5.74, 6) is -0.777. The van der Waals surface area contributed by atoms with Crippen LogP contribution in [0.4, 0.5) is 0 Å². The van der Waals surface area contributed by atoms with Crippen LogP contribution in [0.25, 0.3) is 0 Å². The summed E-state index contributed by atoms with van der Waals surface area (Å²) < 4.78 is 5.60. The van der Waals surface area contributed by atoms with Gasteiger partial charge < -0.3 is 9.84 Å². The molecule has 1 heterocycles. The van der Waals surface area contributed by atoms with Gasteiger partial charge in [0.05, 0.1) is 18.6 Å². The summed E-state index contributed by atoms with van der Waals surface area (Å²) in [4.78, 5) is 21.9. The number of allylic oxidation sites excluding steroid dienone is 1. The van der Waals surface area contributed by atoms with Crippen LogP contribution in [-0.4, -0.2) is 29.1 Å².